The minimum atomic E-state index is -0.727. The van der Waals surface area contributed by atoms with Crippen LogP contribution in [0.4, 0.5) is 0 Å². The lowest BCUT2D eigenvalue weighted by atomic mass is 9.90. The maximum absolute atomic E-state index is 12.3. The molecule has 0 spiro atoms. The van der Waals surface area contributed by atoms with E-state index in [4.69, 9.17) is 0 Å². The number of fused-ring (bicyclic) bond motifs is 1. The van der Waals surface area contributed by atoms with Crippen LogP contribution in [0.2, 0.25) is 0 Å². The highest BCUT2D eigenvalue weighted by atomic mass is 16.3. The Kier molecular flexibility index (Phi) is 4.25. The molecule has 0 saturated carbocycles. The summed E-state index contributed by atoms with van der Waals surface area (Å²) in [5.74, 6) is -0.606. The molecule has 1 aromatic rings. The summed E-state index contributed by atoms with van der Waals surface area (Å²) in [7, 11) is 0. The van der Waals surface area contributed by atoms with E-state index in [-0.39, 0.29) is 23.9 Å². The predicted molar refractivity (Wildman–Crippen MR) is 87.3 cm³/mol. The zero-order chi connectivity index (χ0) is 16.6. The van der Waals surface area contributed by atoms with Crippen LogP contribution in [0.1, 0.15) is 53.8 Å². The molecule has 1 atom stereocenters. The number of hydrogen-bond acceptors (Lipinski definition) is 4. The molecule has 0 bridgehead atoms. The largest absolute Gasteiger partial charge is 0.390 e. The van der Waals surface area contributed by atoms with Gasteiger partial charge in [-0.25, -0.2) is 0 Å². The first-order valence-corrected chi connectivity index (χ1v) is 8.28. The summed E-state index contributed by atoms with van der Waals surface area (Å²) in [6.45, 7) is 5.85. The molecule has 2 amide bonds. The third kappa shape index (κ3) is 3.03. The number of likely N-dealkylation sites (tertiary alicyclic amines) is 1. The van der Waals surface area contributed by atoms with E-state index in [1.54, 1.807) is 24.3 Å². The second kappa shape index (κ2) is 6.06. The van der Waals surface area contributed by atoms with Crippen molar-refractivity contribution < 1.29 is 14.7 Å². The molecule has 5 nitrogen and oxygen atoms in total. The average Bonchev–Trinajstić information content (AvgIpc) is 2.75. The molecule has 5 heteroatoms. The first-order valence-electron chi connectivity index (χ1n) is 8.28. The van der Waals surface area contributed by atoms with E-state index in [1.165, 1.54) is 11.3 Å². The van der Waals surface area contributed by atoms with Crippen molar-refractivity contribution in [1.82, 2.24) is 9.80 Å². The molecule has 0 aliphatic carbocycles. The molecule has 0 radical (unpaired) electrons. The average molecular weight is 316 g/mol. The van der Waals surface area contributed by atoms with Crippen molar-refractivity contribution in [3.63, 3.8) is 0 Å². The molecule has 3 rings (SSSR count). The Hall–Kier alpha value is -1.72. The van der Waals surface area contributed by atoms with E-state index in [0.29, 0.717) is 17.7 Å². The Morgan fingerprint density at radius 2 is 1.70 bits per heavy atom. The lowest BCUT2D eigenvalue weighted by Gasteiger charge is -2.43. The number of carbonyl (C=O) groups is 2. The summed E-state index contributed by atoms with van der Waals surface area (Å²) in [6, 6.07) is 6.83. The molecule has 2 heterocycles. The fourth-order valence-electron chi connectivity index (χ4n) is 3.59. The van der Waals surface area contributed by atoms with E-state index in [0.717, 1.165) is 19.4 Å². The molecule has 1 aromatic carbocycles. The lowest BCUT2D eigenvalue weighted by Crippen LogP contribution is -2.52. The van der Waals surface area contributed by atoms with Crippen molar-refractivity contribution in [2.75, 3.05) is 19.6 Å². The third-order valence-electron chi connectivity index (χ3n) is 5.03. The van der Waals surface area contributed by atoms with Gasteiger partial charge in [-0.3, -0.25) is 19.4 Å². The van der Waals surface area contributed by atoms with Gasteiger partial charge in [0, 0.05) is 12.1 Å². The number of amides is 2. The van der Waals surface area contributed by atoms with Crippen molar-refractivity contribution in [2.24, 2.45) is 0 Å². The van der Waals surface area contributed by atoms with E-state index < -0.39 is 6.10 Å². The highest BCUT2D eigenvalue weighted by Crippen LogP contribution is 2.28. The highest BCUT2D eigenvalue weighted by molar-refractivity contribution is 6.21. The van der Waals surface area contributed by atoms with Crippen molar-refractivity contribution in [1.29, 1.82) is 0 Å². The first kappa shape index (κ1) is 16.1. The van der Waals surface area contributed by atoms with Crippen LogP contribution in [-0.4, -0.2) is 58.0 Å². The van der Waals surface area contributed by atoms with Crippen LogP contribution in [0.3, 0.4) is 0 Å². The summed E-state index contributed by atoms with van der Waals surface area (Å²) < 4.78 is 0. The number of carbonyl (C=O) groups excluding carboxylic acids is 2. The Balaban J connectivity index is 1.66. The van der Waals surface area contributed by atoms with E-state index in [2.05, 4.69) is 18.7 Å². The number of aliphatic hydroxyl groups is 1. The third-order valence-corrected chi connectivity index (χ3v) is 5.03. The Morgan fingerprint density at radius 1 is 1.09 bits per heavy atom. The van der Waals surface area contributed by atoms with Gasteiger partial charge in [-0.1, -0.05) is 18.6 Å². The van der Waals surface area contributed by atoms with Crippen molar-refractivity contribution in [2.45, 2.75) is 44.8 Å². The summed E-state index contributed by atoms with van der Waals surface area (Å²) in [5, 5.41) is 10.4. The van der Waals surface area contributed by atoms with E-state index in [1.807, 2.05) is 0 Å². The minimum absolute atomic E-state index is 0.0545. The number of rotatable bonds is 4. The van der Waals surface area contributed by atoms with Crippen molar-refractivity contribution in [3.05, 3.63) is 35.4 Å². The summed E-state index contributed by atoms with van der Waals surface area (Å²) >= 11 is 0. The molecule has 1 fully saturated rings. The van der Waals surface area contributed by atoms with Gasteiger partial charge in [0.05, 0.1) is 23.8 Å². The first-order chi connectivity index (χ1) is 10.9. The number of aliphatic hydroxyl groups excluding tert-OH is 1. The maximum Gasteiger partial charge on any atom is 0.261 e. The van der Waals surface area contributed by atoms with Gasteiger partial charge in [-0.2, -0.15) is 0 Å². The molecule has 1 unspecified atom stereocenters. The molecule has 1 N–H and O–H groups in total. The van der Waals surface area contributed by atoms with Crippen molar-refractivity contribution >= 4 is 11.8 Å². The number of hydrogen-bond donors (Lipinski definition) is 1. The molecule has 124 valence electrons. The second-order valence-corrected chi connectivity index (χ2v) is 7.14. The van der Waals surface area contributed by atoms with Gasteiger partial charge in [0.1, 0.15) is 0 Å². The molecular formula is C18H24N2O3. The van der Waals surface area contributed by atoms with Crippen LogP contribution in [0.5, 0.6) is 0 Å². The smallest absolute Gasteiger partial charge is 0.261 e. The van der Waals surface area contributed by atoms with Gasteiger partial charge < -0.3 is 5.11 Å². The number of imide groups is 1. The molecule has 0 aromatic heterocycles. The Labute approximate surface area is 136 Å². The standard InChI is InChI=1S/C18H24N2O3/c1-18(2)9-5-6-10-19(18)11-13(21)12-20-16(22)14-7-3-4-8-15(14)17(20)23/h3-4,7-8,13,21H,5-6,9-12H2,1-2H3. The normalized spacial score (nSPS) is 22.3. The SMILES string of the molecule is CC1(C)CCCCN1CC(O)CN1C(=O)c2ccccc2C1=O. The monoisotopic (exact) mass is 316 g/mol. The van der Waals surface area contributed by atoms with E-state index in [9.17, 15) is 14.7 Å². The van der Waals surface area contributed by atoms with Crippen LogP contribution < -0.4 is 0 Å². The maximum atomic E-state index is 12.3. The second-order valence-electron chi connectivity index (χ2n) is 7.14. The number of β-amino-alcohol motifs (C(OH)–C–C–N with tert-alkyl or cyclic N) is 1. The van der Waals surface area contributed by atoms with Gasteiger partial charge in [-0.15, -0.1) is 0 Å². The van der Waals surface area contributed by atoms with Crippen LogP contribution in [0, 0.1) is 0 Å². The summed E-state index contributed by atoms with van der Waals surface area (Å²) in [5.41, 5.74) is 0.923. The quantitative estimate of drug-likeness (QED) is 0.862. The predicted octanol–water partition coefficient (Wildman–Crippen LogP) is 1.91. The van der Waals surface area contributed by atoms with Gasteiger partial charge in [-0.05, 0) is 45.4 Å². The molecule has 2 aliphatic heterocycles. The lowest BCUT2D eigenvalue weighted by molar-refractivity contribution is 0.0137. The number of benzene rings is 1. The van der Waals surface area contributed by atoms with Gasteiger partial charge in [0.25, 0.3) is 11.8 Å². The van der Waals surface area contributed by atoms with Gasteiger partial charge in [0.2, 0.25) is 0 Å². The topological polar surface area (TPSA) is 60.9 Å². The molecule has 23 heavy (non-hydrogen) atoms. The van der Waals surface area contributed by atoms with Gasteiger partial charge >= 0.3 is 0 Å². The zero-order valence-electron chi connectivity index (χ0n) is 13.8. The van der Waals surface area contributed by atoms with Crippen LogP contribution in [-0.2, 0) is 0 Å². The highest BCUT2D eigenvalue weighted by Gasteiger charge is 2.37. The number of piperidine rings is 1. The van der Waals surface area contributed by atoms with Crippen LogP contribution in [0.15, 0.2) is 24.3 Å². The summed E-state index contributed by atoms with van der Waals surface area (Å²) in [4.78, 5) is 28.1. The van der Waals surface area contributed by atoms with Crippen molar-refractivity contribution in [3.8, 4) is 0 Å². The van der Waals surface area contributed by atoms with Crippen LogP contribution in [0.25, 0.3) is 0 Å². The minimum Gasteiger partial charge on any atom is -0.390 e. The molecule has 1 saturated heterocycles. The van der Waals surface area contributed by atoms with Gasteiger partial charge in [0.15, 0.2) is 0 Å². The molecule has 2 aliphatic rings. The fourth-order valence-corrected chi connectivity index (χ4v) is 3.59. The van der Waals surface area contributed by atoms with E-state index >= 15 is 0 Å². The Bertz CT molecular complexity index is 591. The number of nitrogens with zero attached hydrogens (tertiary/aromatic N) is 2. The molecular weight excluding hydrogens is 292 g/mol. The zero-order valence-corrected chi connectivity index (χ0v) is 13.8. The Morgan fingerprint density at radius 3 is 2.26 bits per heavy atom. The fraction of sp³-hybridized carbons (Fsp3) is 0.556. The van der Waals surface area contributed by atoms with Crippen LogP contribution >= 0.6 is 0 Å². The summed E-state index contributed by atoms with van der Waals surface area (Å²) in [6.07, 6.45) is 2.71.